The average molecular weight is 363 g/mol. The van der Waals surface area contributed by atoms with Gasteiger partial charge in [0.25, 0.3) is 0 Å². The second kappa shape index (κ2) is 7.58. The Hall–Kier alpha value is -2.51. The average Bonchev–Trinajstić information content (AvgIpc) is 3.11. The van der Waals surface area contributed by atoms with E-state index in [0.29, 0.717) is 15.6 Å². The van der Waals surface area contributed by atoms with Crippen LogP contribution in [0.5, 0.6) is 11.5 Å². The Bertz CT molecular complexity index is 865. The third-order valence-corrected chi connectivity index (χ3v) is 4.55. The van der Waals surface area contributed by atoms with E-state index in [1.165, 1.54) is 12.3 Å². The lowest BCUT2D eigenvalue weighted by Gasteiger charge is -2.11. The number of methoxy groups -OCH3 is 1. The Morgan fingerprint density at radius 1 is 1.12 bits per heavy atom. The molecule has 0 bridgehead atoms. The van der Waals surface area contributed by atoms with Crippen molar-refractivity contribution in [2.75, 3.05) is 7.11 Å². The molecule has 0 saturated heterocycles. The summed E-state index contributed by atoms with van der Waals surface area (Å²) in [5.41, 5.74) is 0.887. The first kappa shape index (κ1) is 17.3. The van der Waals surface area contributed by atoms with Crippen LogP contribution in [0.25, 0.3) is 10.6 Å². The van der Waals surface area contributed by atoms with Gasteiger partial charge in [-0.15, -0.1) is 11.3 Å². The summed E-state index contributed by atoms with van der Waals surface area (Å²) >= 11 is 1.14. The minimum absolute atomic E-state index is 0.0149. The molecular weight excluding hydrogens is 348 g/mol. The predicted molar refractivity (Wildman–Crippen MR) is 90.7 cm³/mol. The SMILES string of the molecule is COc1ccc(COc2c(F)ccc(-c3ncc(CO)s3)c2F)cc1. The Morgan fingerprint density at radius 3 is 2.52 bits per heavy atom. The molecule has 0 aliphatic rings. The minimum atomic E-state index is -0.813. The number of thiazole rings is 1. The van der Waals surface area contributed by atoms with Gasteiger partial charge in [-0.25, -0.2) is 13.8 Å². The molecule has 0 saturated carbocycles. The fourth-order valence-corrected chi connectivity index (χ4v) is 3.00. The van der Waals surface area contributed by atoms with Gasteiger partial charge in [0.1, 0.15) is 17.4 Å². The third kappa shape index (κ3) is 3.78. The summed E-state index contributed by atoms with van der Waals surface area (Å²) in [6, 6.07) is 9.45. The molecule has 2 aromatic carbocycles. The van der Waals surface area contributed by atoms with E-state index >= 15 is 0 Å². The zero-order valence-corrected chi connectivity index (χ0v) is 14.1. The number of rotatable bonds is 6. The maximum Gasteiger partial charge on any atom is 0.191 e. The molecule has 0 amide bonds. The van der Waals surface area contributed by atoms with Crippen molar-refractivity contribution in [1.82, 2.24) is 4.98 Å². The lowest BCUT2D eigenvalue weighted by Crippen LogP contribution is -2.01. The predicted octanol–water partition coefficient (Wildman–Crippen LogP) is 4.17. The number of aliphatic hydroxyl groups excluding tert-OH is 1. The number of hydrogen-bond donors (Lipinski definition) is 1. The van der Waals surface area contributed by atoms with Crippen molar-refractivity contribution in [2.24, 2.45) is 0 Å². The Labute approximate surface area is 147 Å². The lowest BCUT2D eigenvalue weighted by atomic mass is 10.2. The highest BCUT2D eigenvalue weighted by atomic mass is 32.1. The van der Waals surface area contributed by atoms with Crippen LogP contribution in [0.2, 0.25) is 0 Å². The second-order valence-corrected chi connectivity index (χ2v) is 6.28. The number of aliphatic hydroxyl groups is 1. The van der Waals surface area contributed by atoms with Crippen LogP contribution in [0.3, 0.4) is 0 Å². The van der Waals surface area contributed by atoms with Crippen molar-refractivity contribution >= 4 is 11.3 Å². The van der Waals surface area contributed by atoms with E-state index in [4.69, 9.17) is 14.6 Å². The van der Waals surface area contributed by atoms with E-state index in [2.05, 4.69) is 4.98 Å². The van der Waals surface area contributed by atoms with E-state index < -0.39 is 17.4 Å². The van der Waals surface area contributed by atoms with Gasteiger partial charge >= 0.3 is 0 Å². The van der Waals surface area contributed by atoms with Crippen molar-refractivity contribution in [3.05, 3.63) is 64.7 Å². The van der Waals surface area contributed by atoms with Crippen molar-refractivity contribution in [2.45, 2.75) is 13.2 Å². The summed E-state index contributed by atoms with van der Waals surface area (Å²) in [5, 5.41) is 9.45. The molecule has 1 aromatic heterocycles. The van der Waals surface area contributed by atoms with Crippen molar-refractivity contribution in [3.8, 4) is 22.1 Å². The number of aromatic nitrogens is 1. The largest absolute Gasteiger partial charge is 0.497 e. The smallest absolute Gasteiger partial charge is 0.191 e. The topological polar surface area (TPSA) is 51.6 Å². The summed E-state index contributed by atoms with van der Waals surface area (Å²) in [6.07, 6.45) is 1.46. The van der Waals surface area contributed by atoms with Gasteiger partial charge in [0.2, 0.25) is 0 Å². The van der Waals surface area contributed by atoms with E-state index in [0.717, 1.165) is 23.0 Å². The van der Waals surface area contributed by atoms with Crippen molar-refractivity contribution < 1.29 is 23.4 Å². The van der Waals surface area contributed by atoms with Crippen LogP contribution >= 0.6 is 11.3 Å². The molecule has 1 heterocycles. The zero-order chi connectivity index (χ0) is 17.8. The maximum absolute atomic E-state index is 14.7. The molecule has 0 aliphatic heterocycles. The molecule has 4 nitrogen and oxygen atoms in total. The van der Waals surface area contributed by atoms with Gasteiger partial charge in [-0.05, 0) is 29.8 Å². The molecule has 0 spiro atoms. The first-order chi connectivity index (χ1) is 12.1. The highest BCUT2D eigenvalue weighted by Gasteiger charge is 2.18. The summed E-state index contributed by atoms with van der Waals surface area (Å²) in [7, 11) is 1.56. The van der Waals surface area contributed by atoms with E-state index in [9.17, 15) is 8.78 Å². The molecule has 3 rings (SSSR count). The molecule has 0 fully saturated rings. The monoisotopic (exact) mass is 363 g/mol. The molecule has 0 atom stereocenters. The lowest BCUT2D eigenvalue weighted by molar-refractivity contribution is 0.274. The second-order valence-electron chi connectivity index (χ2n) is 5.16. The van der Waals surface area contributed by atoms with Gasteiger partial charge in [0.05, 0.1) is 24.2 Å². The Morgan fingerprint density at radius 2 is 1.88 bits per heavy atom. The summed E-state index contributed by atoms with van der Waals surface area (Å²) < 4.78 is 39.1. The van der Waals surface area contributed by atoms with Crippen LogP contribution in [-0.2, 0) is 13.2 Å². The molecule has 25 heavy (non-hydrogen) atoms. The summed E-state index contributed by atoms with van der Waals surface area (Å²) in [5.74, 6) is -1.36. The third-order valence-electron chi connectivity index (χ3n) is 3.53. The first-order valence-electron chi connectivity index (χ1n) is 7.42. The zero-order valence-electron chi connectivity index (χ0n) is 13.3. The van der Waals surface area contributed by atoms with Crippen LogP contribution in [0.4, 0.5) is 8.78 Å². The van der Waals surface area contributed by atoms with E-state index in [1.807, 2.05) is 0 Å². The molecular formula is C18H15F2NO3S. The van der Waals surface area contributed by atoms with Crippen LogP contribution in [0, 0.1) is 11.6 Å². The number of nitrogens with zero attached hydrogens (tertiary/aromatic N) is 1. The highest BCUT2D eigenvalue weighted by molar-refractivity contribution is 7.15. The van der Waals surface area contributed by atoms with E-state index in [1.54, 1.807) is 31.4 Å². The Kier molecular flexibility index (Phi) is 5.25. The molecule has 130 valence electrons. The van der Waals surface area contributed by atoms with Crippen LogP contribution < -0.4 is 9.47 Å². The van der Waals surface area contributed by atoms with E-state index in [-0.39, 0.29) is 18.8 Å². The standard InChI is InChI=1S/C18H15F2NO3S/c1-23-12-4-2-11(3-5-12)10-24-17-15(19)7-6-14(16(17)20)18-21-8-13(9-22)25-18/h2-8,22H,9-10H2,1H3. The molecule has 1 N–H and O–H groups in total. The van der Waals surface area contributed by atoms with Gasteiger partial charge in [0.15, 0.2) is 17.4 Å². The van der Waals surface area contributed by atoms with Crippen LogP contribution in [0.1, 0.15) is 10.4 Å². The molecule has 0 unspecified atom stereocenters. The van der Waals surface area contributed by atoms with Gasteiger partial charge in [-0.1, -0.05) is 12.1 Å². The highest BCUT2D eigenvalue weighted by Crippen LogP contribution is 2.34. The van der Waals surface area contributed by atoms with Crippen LogP contribution in [0.15, 0.2) is 42.6 Å². The number of ether oxygens (including phenoxy) is 2. The fraction of sp³-hybridized carbons (Fsp3) is 0.167. The summed E-state index contributed by atoms with van der Waals surface area (Å²) in [4.78, 5) is 4.65. The first-order valence-corrected chi connectivity index (χ1v) is 8.23. The van der Waals surface area contributed by atoms with Crippen molar-refractivity contribution in [3.63, 3.8) is 0 Å². The Balaban J connectivity index is 1.83. The van der Waals surface area contributed by atoms with Gasteiger partial charge in [-0.3, -0.25) is 0 Å². The van der Waals surface area contributed by atoms with Crippen molar-refractivity contribution in [1.29, 1.82) is 0 Å². The molecule has 0 radical (unpaired) electrons. The van der Waals surface area contributed by atoms with Gasteiger partial charge in [0, 0.05) is 6.20 Å². The molecule has 0 aliphatic carbocycles. The fourth-order valence-electron chi connectivity index (χ4n) is 2.21. The molecule has 7 heteroatoms. The van der Waals surface area contributed by atoms with Gasteiger partial charge < -0.3 is 14.6 Å². The maximum atomic E-state index is 14.7. The normalized spacial score (nSPS) is 10.7. The summed E-state index contributed by atoms with van der Waals surface area (Å²) in [6.45, 7) is -0.164. The number of benzene rings is 2. The van der Waals surface area contributed by atoms with Crippen LogP contribution in [-0.4, -0.2) is 17.2 Å². The number of hydrogen-bond acceptors (Lipinski definition) is 5. The molecule has 3 aromatic rings. The van der Waals surface area contributed by atoms with Gasteiger partial charge in [-0.2, -0.15) is 0 Å². The minimum Gasteiger partial charge on any atom is -0.497 e. The quantitative estimate of drug-likeness (QED) is 0.714. The number of halogens is 2.